The van der Waals surface area contributed by atoms with Gasteiger partial charge in [0, 0.05) is 23.2 Å². The minimum Gasteiger partial charge on any atom is -0.494 e. The van der Waals surface area contributed by atoms with Crippen molar-refractivity contribution in [2.24, 2.45) is 5.92 Å². The molecule has 4 heterocycles. The van der Waals surface area contributed by atoms with Crippen LogP contribution in [0, 0.1) is 17.8 Å². The SMILES string of the molecule is COc1cnc(C(F)F)cc1-c1cc(N2CCOCC2=O)ncc1C(=O)Nc1nnc(C#CC2CC2)s1. The Morgan fingerprint density at radius 2 is 2.08 bits per heavy atom. The number of alkyl halides is 2. The third kappa shape index (κ3) is 5.55. The summed E-state index contributed by atoms with van der Waals surface area (Å²) < 4.78 is 37.5. The van der Waals surface area contributed by atoms with E-state index in [1.165, 1.54) is 24.3 Å². The molecule has 1 aliphatic carbocycles. The summed E-state index contributed by atoms with van der Waals surface area (Å²) >= 11 is 1.12. The number of carbonyl (C=O) groups excluding carboxylic acids is 2. The minimum absolute atomic E-state index is 0.0509. The van der Waals surface area contributed by atoms with E-state index in [9.17, 15) is 18.4 Å². The minimum atomic E-state index is -2.85. The molecular weight excluding hydrogens is 506 g/mol. The van der Waals surface area contributed by atoms with Crippen molar-refractivity contribution >= 4 is 34.1 Å². The number of ether oxygens (including phenoxy) is 2. The highest BCUT2D eigenvalue weighted by Crippen LogP contribution is 2.36. The number of rotatable bonds is 6. The standard InChI is InChI=1S/C24H20F2N6O4S/c1-35-18-11-27-17(22(25)26)8-15(18)14-9-19(32-6-7-36-12-21(32)33)28-10-16(14)23(34)29-24-31-30-20(37-24)5-4-13-2-3-13/h8-11,13,22H,2-3,6-7,12H2,1H3,(H,29,31,34). The van der Waals surface area contributed by atoms with Gasteiger partial charge >= 0.3 is 0 Å². The van der Waals surface area contributed by atoms with Crippen molar-refractivity contribution in [2.45, 2.75) is 19.3 Å². The van der Waals surface area contributed by atoms with E-state index in [0.717, 1.165) is 36.4 Å². The van der Waals surface area contributed by atoms with Gasteiger partial charge in [0.1, 0.15) is 23.9 Å². The third-order valence-corrected chi connectivity index (χ3v) is 6.38. The number of hydrogen-bond donors (Lipinski definition) is 1. The first-order chi connectivity index (χ1) is 17.9. The number of hydrogen-bond acceptors (Lipinski definition) is 9. The number of halogens is 2. The van der Waals surface area contributed by atoms with Crippen molar-refractivity contribution in [3.8, 4) is 28.7 Å². The zero-order valence-corrected chi connectivity index (χ0v) is 20.3. The number of nitrogens with one attached hydrogen (secondary N) is 1. The fraction of sp³-hybridized carbons (Fsp3) is 0.333. The van der Waals surface area contributed by atoms with E-state index < -0.39 is 18.0 Å². The van der Waals surface area contributed by atoms with Crippen molar-refractivity contribution in [2.75, 3.05) is 37.1 Å². The summed E-state index contributed by atoms with van der Waals surface area (Å²) in [6.07, 6.45) is 1.74. The quantitative estimate of drug-likeness (QED) is 0.486. The van der Waals surface area contributed by atoms with Crippen LogP contribution in [-0.2, 0) is 9.53 Å². The zero-order valence-electron chi connectivity index (χ0n) is 19.5. The van der Waals surface area contributed by atoms with Crippen LogP contribution in [0.5, 0.6) is 5.75 Å². The molecule has 1 saturated carbocycles. The number of nitrogens with zero attached hydrogens (tertiary/aromatic N) is 5. The summed E-state index contributed by atoms with van der Waals surface area (Å²) in [4.78, 5) is 35.2. The Labute approximate surface area is 214 Å². The first-order valence-electron chi connectivity index (χ1n) is 11.3. The Morgan fingerprint density at radius 1 is 1.24 bits per heavy atom. The highest BCUT2D eigenvalue weighted by Gasteiger charge is 2.26. The largest absolute Gasteiger partial charge is 0.494 e. The van der Waals surface area contributed by atoms with Gasteiger partial charge in [-0.25, -0.2) is 13.8 Å². The first-order valence-corrected chi connectivity index (χ1v) is 12.1. The molecule has 37 heavy (non-hydrogen) atoms. The normalized spacial score (nSPS) is 15.4. The maximum Gasteiger partial charge on any atom is 0.280 e. The molecule has 5 rings (SSSR count). The van der Waals surface area contributed by atoms with E-state index in [1.807, 2.05) is 0 Å². The van der Waals surface area contributed by atoms with Crippen molar-refractivity contribution in [3.05, 3.63) is 40.8 Å². The molecule has 0 radical (unpaired) electrons. The van der Waals surface area contributed by atoms with E-state index in [-0.39, 0.29) is 52.4 Å². The lowest BCUT2D eigenvalue weighted by molar-refractivity contribution is -0.125. The van der Waals surface area contributed by atoms with Crippen LogP contribution in [0.2, 0.25) is 0 Å². The van der Waals surface area contributed by atoms with Gasteiger partial charge in [0.25, 0.3) is 18.2 Å². The molecule has 10 nitrogen and oxygen atoms in total. The molecule has 1 aliphatic heterocycles. The highest BCUT2D eigenvalue weighted by molar-refractivity contribution is 7.15. The molecular formula is C24H20F2N6O4S. The van der Waals surface area contributed by atoms with Gasteiger partial charge in [-0.2, -0.15) is 0 Å². The first kappa shape index (κ1) is 24.7. The molecule has 2 fully saturated rings. The molecule has 13 heteroatoms. The number of anilines is 2. The number of amides is 2. The van der Waals surface area contributed by atoms with Crippen molar-refractivity contribution in [3.63, 3.8) is 0 Å². The lowest BCUT2D eigenvalue weighted by Gasteiger charge is -2.26. The third-order valence-electron chi connectivity index (χ3n) is 5.62. The van der Waals surface area contributed by atoms with Gasteiger partial charge < -0.3 is 9.47 Å². The predicted molar refractivity (Wildman–Crippen MR) is 130 cm³/mol. The van der Waals surface area contributed by atoms with Crippen molar-refractivity contribution in [1.82, 2.24) is 20.2 Å². The average molecular weight is 527 g/mol. The molecule has 0 bridgehead atoms. The van der Waals surface area contributed by atoms with E-state index in [1.54, 1.807) is 0 Å². The number of carbonyl (C=O) groups is 2. The van der Waals surface area contributed by atoms with Crippen LogP contribution in [0.15, 0.2) is 24.5 Å². The topological polar surface area (TPSA) is 119 Å². The maximum absolute atomic E-state index is 13.5. The van der Waals surface area contributed by atoms with E-state index in [0.29, 0.717) is 17.5 Å². The second kappa shape index (κ2) is 10.5. The summed E-state index contributed by atoms with van der Waals surface area (Å²) in [5, 5.41) is 11.3. The van der Waals surface area contributed by atoms with Gasteiger partial charge in [-0.05, 0) is 30.9 Å². The summed E-state index contributed by atoms with van der Waals surface area (Å²) in [5.41, 5.74) is -0.0299. The van der Waals surface area contributed by atoms with Crippen LogP contribution in [0.4, 0.5) is 19.7 Å². The predicted octanol–water partition coefficient (Wildman–Crippen LogP) is 3.32. The average Bonchev–Trinajstić information content (AvgIpc) is 3.64. The Hall–Kier alpha value is -4.02. The van der Waals surface area contributed by atoms with Gasteiger partial charge in [0.15, 0.2) is 5.01 Å². The summed E-state index contributed by atoms with van der Waals surface area (Å²) in [6.45, 7) is 0.445. The van der Waals surface area contributed by atoms with E-state index in [2.05, 4.69) is 37.3 Å². The van der Waals surface area contributed by atoms with Gasteiger partial charge in [0.05, 0.1) is 32.0 Å². The van der Waals surface area contributed by atoms with Gasteiger partial charge in [0.2, 0.25) is 5.13 Å². The molecule has 0 unspecified atom stereocenters. The highest BCUT2D eigenvalue weighted by atomic mass is 32.1. The second-order valence-electron chi connectivity index (χ2n) is 8.21. The van der Waals surface area contributed by atoms with Crippen molar-refractivity contribution in [1.29, 1.82) is 0 Å². The molecule has 3 aromatic heterocycles. The van der Waals surface area contributed by atoms with Crippen LogP contribution < -0.4 is 15.0 Å². The Morgan fingerprint density at radius 3 is 2.81 bits per heavy atom. The Bertz CT molecular complexity index is 1420. The molecule has 0 spiro atoms. The summed E-state index contributed by atoms with van der Waals surface area (Å²) in [7, 11) is 1.36. The Balaban J connectivity index is 1.53. The molecule has 3 aromatic rings. The molecule has 0 atom stereocenters. The smallest absolute Gasteiger partial charge is 0.280 e. The van der Waals surface area contributed by atoms with Gasteiger partial charge in [-0.1, -0.05) is 17.3 Å². The lowest BCUT2D eigenvalue weighted by Crippen LogP contribution is -2.42. The number of aromatic nitrogens is 4. The molecule has 1 saturated heterocycles. The van der Waals surface area contributed by atoms with Gasteiger partial charge in [-0.15, -0.1) is 10.2 Å². The maximum atomic E-state index is 13.5. The van der Waals surface area contributed by atoms with Crippen molar-refractivity contribution < 1.29 is 27.8 Å². The lowest BCUT2D eigenvalue weighted by atomic mass is 9.99. The monoisotopic (exact) mass is 526 g/mol. The number of pyridine rings is 2. The number of methoxy groups -OCH3 is 1. The number of morpholine rings is 1. The zero-order chi connectivity index (χ0) is 25.9. The molecule has 2 amide bonds. The summed E-state index contributed by atoms with van der Waals surface area (Å²) in [6, 6.07) is 2.63. The fourth-order valence-corrected chi connectivity index (χ4v) is 4.19. The van der Waals surface area contributed by atoms with Gasteiger partial charge in [-0.3, -0.25) is 24.8 Å². The van der Waals surface area contributed by atoms with Crippen LogP contribution in [0.1, 0.15) is 40.3 Å². The molecule has 190 valence electrons. The van der Waals surface area contributed by atoms with Crippen LogP contribution in [0.3, 0.4) is 0 Å². The van der Waals surface area contributed by atoms with Crippen LogP contribution in [-0.4, -0.2) is 58.8 Å². The summed E-state index contributed by atoms with van der Waals surface area (Å²) in [5.74, 6) is 5.91. The molecule has 0 aromatic carbocycles. The van der Waals surface area contributed by atoms with E-state index in [4.69, 9.17) is 9.47 Å². The fourth-order valence-electron chi connectivity index (χ4n) is 3.59. The molecule has 2 aliphatic rings. The molecule has 1 N–H and O–H groups in total. The Kier molecular flexibility index (Phi) is 7.02. The second-order valence-corrected chi connectivity index (χ2v) is 9.18. The van der Waals surface area contributed by atoms with Crippen LogP contribution >= 0.6 is 11.3 Å². The van der Waals surface area contributed by atoms with E-state index >= 15 is 0 Å². The van der Waals surface area contributed by atoms with Crippen LogP contribution in [0.25, 0.3) is 11.1 Å².